The fourth-order valence-electron chi connectivity index (χ4n) is 2.93. The molecule has 0 saturated carbocycles. The normalized spacial score (nSPS) is 15.6. The SMILES string of the molecule is CCNCCc1c(C)[nH]c(/C=C2/C(=O)NN=C2c2ncccn2)c1C. The molecule has 1 amide bonds. The number of carbonyl (C=O) groups excluding carboxylic acids is 1. The second-order valence-electron chi connectivity index (χ2n) is 5.90. The van der Waals surface area contributed by atoms with E-state index in [4.69, 9.17) is 0 Å². The van der Waals surface area contributed by atoms with Gasteiger partial charge in [-0.15, -0.1) is 0 Å². The number of nitrogens with zero attached hydrogens (tertiary/aromatic N) is 3. The van der Waals surface area contributed by atoms with Gasteiger partial charge in [-0.25, -0.2) is 15.4 Å². The molecule has 2 aromatic heterocycles. The van der Waals surface area contributed by atoms with Gasteiger partial charge in [0, 0.05) is 23.8 Å². The van der Waals surface area contributed by atoms with Crippen LogP contribution in [0.15, 0.2) is 29.1 Å². The summed E-state index contributed by atoms with van der Waals surface area (Å²) in [4.78, 5) is 24.0. The number of carbonyl (C=O) groups is 1. The van der Waals surface area contributed by atoms with Crippen molar-refractivity contribution in [2.75, 3.05) is 13.1 Å². The van der Waals surface area contributed by atoms with Crippen LogP contribution in [-0.4, -0.2) is 39.7 Å². The van der Waals surface area contributed by atoms with Gasteiger partial charge < -0.3 is 10.3 Å². The van der Waals surface area contributed by atoms with E-state index in [1.54, 1.807) is 18.5 Å². The molecule has 1 aliphatic rings. The number of rotatable bonds is 6. The lowest BCUT2D eigenvalue weighted by Gasteiger charge is -2.03. The van der Waals surface area contributed by atoms with Crippen LogP contribution in [0.5, 0.6) is 0 Å². The lowest BCUT2D eigenvalue weighted by atomic mass is 10.0. The molecule has 0 aliphatic carbocycles. The molecule has 25 heavy (non-hydrogen) atoms. The first-order valence-corrected chi connectivity index (χ1v) is 8.38. The van der Waals surface area contributed by atoms with Gasteiger partial charge >= 0.3 is 0 Å². The number of amides is 1. The summed E-state index contributed by atoms with van der Waals surface area (Å²) < 4.78 is 0. The maximum Gasteiger partial charge on any atom is 0.273 e. The zero-order chi connectivity index (χ0) is 17.8. The first kappa shape index (κ1) is 17.0. The summed E-state index contributed by atoms with van der Waals surface area (Å²) in [5, 5.41) is 7.42. The Morgan fingerprint density at radius 3 is 2.72 bits per heavy atom. The third-order valence-corrected chi connectivity index (χ3v) is 4.27. The van der Waals surface area contributed by atoms with Gasteiger partial charge in [-0.3, -0.25) is 4.79 Å². The van der Waals surface area contributed by atoms with E-state index < -0.39 is 0 Å². The zero-order valence-electron chi connectivity index (χ0n) is 14.7. The van der Waals surface area contributed by atoms with E-state index in [9.17, 15) is 4.79 Å². The summed E-state index contributed by atoms with van der Waals surface area (Å²) in [5.74, 6) is 0.184. The van der Waals surface area contributed by atoms with E-state index >= 15 is 0 Å². The van der Waals surface area contributed by atoms with Gasteiger partial charge in [-0.1, -0.05) is 6.92 Å². The number of H-pyrrole nitrogens is 1. The maximum absolute atomic E-state index is 12.2. The Balaban J connectivity index is 1.93. The summed E-state index contributed by atoms with van der Waals surface area (Å²) >= 11 is 0. The molecule has 0 saturated heterocycles. The van der Waals surface area contributed by atoms with Crippen molar-refractivity contribution < 1.29 is 4.79 Å². The molecule has 0 spiro atoms. The number of hydrazone groups is 1. The van der Waals surface area contributed by atoms with E-state index in [0.29, 0.717) is 17.1 Å². The van der Waals surface area contributed by atoms with Gasteiger partial charge in [0.25, 0.3) is 5.91 Å². The summed E-state index contributed by atoms with van der Waals surface area (Å²) in [6, 6.07) is 1.73. The molecule has 2 aromatic rings. The van der Waals surface area contributed by atoms with Crippen molar-refractivity contribution in [3.63, 3.8) is 0 Å². The van der Waals surface area contributed by atoms with E-state index in [2.05, 4.69) is 51.6 Å². The average Bonchev–Trinajstić information content (AvgIpc) is 3.11. The smallest absolute Gasteiger partial charge is 0.273 e. The molecule has 3 N–H and O–H groups in total. The van der Waals surface area contributed by atoms with E-state index in [0.717, 1.165) is 36.5 Å². The average molecular weight is 338 g/mol. The van der Waals surface area contributed by atoms with Crippen LogP contribution in [0.3, 0.4) is 0 Å². The second-order valence-corrected chi connectivity index (χ2v) is 5.90. The van der Waals surface area contributed by atoms with Crippen molar-refractivity contribution in [3.8, 4) is 0 Å². The fourth-order valence-corrected chi connectivity index (χ4v) is 2.93. The molecule has 3 rings (SSSR count). The highest BCUT2D eigenvalue weighted by atomic mass is 16.2. The van der Waals surface area contributed by atoms with Crippen molar-refractivity contribution in [2.24, 2.45) is 5.10 Å². The van der Waals surface area contributed by atoms with Crippen LogP contribution in [-0.2, 0) is 11.2 Å². The lowest BCUT2D eigenvalue weighted by molar-refractivity contribution is -0.116. The predicted molar refractivity (Wildman–Crippen MR) is 97.2 cm³/mol. The number of aryl methyl sites for hydroxylation is 1. The molecule has 3 heterocycles. The van der Waals surface area contributed by atoms with Crippen LogP contribution in [0, 0.1) is 13.8 Å². The van der Waals surface area contributed by atoms with Gasteiger partial charge in [0.15, 0.2) is 5.82 Å². The number of hydrogen-bond acceptors (Lipinski definition) is 5. The fraction of sp³-hybridized carbons (Fsp3) is 0.333. The topological polar surface area (TPSA) is 95.1 Å². The molecule has 7 nitrogen and oxygen atoms in total. The quantitative estimate of drug-likeness (QED) is 0.549. The Bertz CT molecular complexity index is 835. The van der Waals surface area contributed by atoms with E-state index in [1.165, 1.54) is 5.56 Å². The first-order valence-electron chi connectivity index (χ1n) is 8.38. The lowest BCUT2D eigenvalue weighted by Crippen LogP contribution is -2.16. The Hall–Kier alpha value is -2.80. The molecule has 0 radical (unpaired) electrons. The molecule has 130 valence electrons. The Labute approximate surface area is 146 Å². The second kappa shape index (κ2) is 7.40. The van der Waals surface area contributed by atoms with Crippen molar-refractivity contribution in [1.82, 2.24) is 25.7 Å². The van der Waals surface area contributed by atoms with Crippen LogP contribution in [0.1, 0.15) is 35.3 Å². The van der Waals surface area contributed by atoms with Crippen molar-refractivity contribution >= 4 is 17.7 Å². The first-order chi connectivity index (χ1) is 12.1. The van der Waals surface area contributed by atoms with Gasteiger partial charge in [-0.2, -0.15) is 5.10 Å². The van der Waals surface area contributed by atoms with Gasteiger partial charge in [0.1, 0.15) is 5.71 Å². The minimum atomic E-state index is -0.247. The monoisotopic (exact) mass is 338 g/mol. The van der Waals surface area contributed by atoms with Crippen LogP contribution in [0.25, 0.3) is 6.08 Å². The van der Waals surface area contributed by atoms with E-state index in [-0.39, 0.29) is 5.91 Å². The molecule has 0 unspecified atom stereocenters. The molecule has 0 atom stereocenters. The van der Waals surface area contributed by atoms with Crippen molar-refractivity contribution in [2.45, 2.75) is 27.2 Å². The van der Waals surface area contributed by atoms with Gasteiger partial charge in [-0.05, 0) is 56.6 Å². The highest BCUT2D eigenvalue weighted by Gasteiger charge is 2.26. The Morgan fingerprint density at radius 2 is 2.00 bits per heavy atom. The van der Waals surface area contributed by atoms with Gasteiger partial charge in [0.2, 0.25) is 0 Å². The number of nitrogens with one attached hydrogen (secondary N) is 3. The van der Waals surface area contributed by atoms with E-state index in [1.807, 2.05) is 6.08 Å². The standard InChI is InChI=1S/C18H22N6O/c1-4-19-9-6-13-11(2)15(22-12(13)3)10-14-16(23-24-18(14)25)17-20-7-5-8-21-17/h5,7-8,10,19,22H,4,6,9H2,1-3H3,(H,24,25)/b14-10+. The molecule has 7 heteroatoms. The van der Waals surface area contributed by atoms with Crippen molar-refractivity contribution in [1.29, 1.82) is 0 Å². The number of hydrogen-bond donors (Lipinski definition) is 3. The Kier molecular flexibility index (Phi) is 5.04. The number of likely N-dealkylation sites (N-methyl/N-ethyl adjacent to an activating group) is 1. The van der Waals surface area contributed by atoms with Crippen LogP contribution in [0.2, 0.25) is 0 Å². The van der Waals surface area contributed by atoms with Crippen LogP contribution < -0.4 is 10.7 Å². The van der Waals surface area contributed by atoms with Crippen LogP contribution in [0.4, 0.5) is 0 Å². The minimum absolute atomic E-state index is 0.247. The van der Waals surface area contributed by atoms with Crippen molar-refractivity contribution in [3.05, 3.63) is 52.4 Å². The number of aromatic amines is 1. The summed E-state index contributed by atoms with van der Waals surface area (Å²) in [6.45, 7) is 8.10. The molecular formula is C18H22N6O. The highest BCUT2D eigenvalue weighted by molar-refractivity contribution is 6.32. The number of aromatic nitrogens is 3. The summed E-state index contributed by atoms with van der Waals surface area (Å²) in [6.07, 6.45) is 6.04. The highest BCUT2D eigenvalue weighted by Crippen LogP contribution is 2.22. The maximum atomic E-state index is 12.2. The van der Waals surface area contributed by atoms with Crippen LogP contribution >= 0.6 is 0 Å². The molecule has 0 bridgehead atoms. The third kappa shape index (κ3) is 3.51. The van der Waals surface area contributed by atoms with Gasteiger partial charge in [0.05, 0.1) is 5.57 Å². The summed E-state index contributed by atoms with van der Waals surface area (Å²) in [5.41, 5.74) is 7.89. The molecule has 0 aromatic carbocycles. The Morgan fingerprint density at radius 1 is 1.24 bits per heavy atom. The third-order valence-electron chi connectivity index (χ3n) is 4.27. The predicted octanol–water partition coefficient (Wildman–Crippen LogP) is 1.49. The molecule has 0 fully saturated rings. The molecule has 1 aliphatic heterocycles. The minimum Gasteiger partial charge on any atom is -0.359 e. The zero-order valence-corrected chi connectivity index (χ0v) is 14.7. The largest absolute Gasteiger partial charge is 0.359 e. The molecular weight excluding hydrogens is 316 g/mol. The summed E-state index contributed by atoms with van der Waals surface area (Å²) in [7, 11) is 0.